The Labute approximate surface area is 120 Å². The molecule has 110 valence electrons. The summed E-state index contributed by atoms with van der Waals surface area (Å²) >= 11 is 2.00. The molecule has 5 heteroatoms. The molecule has 0 aromatic rings. The van der Waals surface area contributed by atoms with E-state index in [1.807, 2.05) is 30.8 Å². The standard InChI is InChI=1S/C14H26N2O2S/c1-15(2)9-12-8-13(17)10-16(12)14(18)7-11-3-5-19-6-4-11/h11-13,17H,3-10H2,1-2H3. The van der Waals surface area contributed by atoms with Crippen molar-refractivity contribution in [3.8, 4) is 0 Å². The molecule has 0 aromatic heterocycles. The highest BCUT2D eigenvalue weighted by molar-refractivity contribution is 7.99. The molecule has 0 radical (unpaired) electrons. The second-order valence-corrected chi connectivity index (χ2v) is 7.34. The summed E-state index contributed by atoms with van der Waals surface area (Å²) in [5.74, 6) is 3.20. The summed E-state index contributed by atoms with van der Waals surface area (Å²) in [7, 11) is 4.04. The smallest absolute Gasteiger partial charge is 0.223 e. The molecule has 1 amide bonds. The number of likely N-dealkylation sites (tertiary alicyclic amines) is 1. The summed E-state index contributed by atoms with van der Waals surface area (Å²) in [5.41, 5.74) is 0. The van der Waals surface area contributed by atoms with Crippen LogP contribution in [0.3, 0.4) is 0 Å². The average Bonchev–Trinajstić information content (AvgIpc) is 2.70. The quantitative estimate of drug-likeness (QED) is 0.839. The number of aliphatic hydroxyl groups is 1. The van der Waals surface area contributed by atoms with Gasteiger partial charge in [0, 0.05) is 25.6 Å². The number of carbonyl (C=O) groups is 1. The Morgan fingerprint density at radius 3 is 2.68 bits per heavy atom. The van der Waals surface area contributed by atoms with E-state index in [0.29, 0.717) is 18.9 Å². The van der Waals surface area contributed by atoms with Crippen LogP contribution in [0.2, 0.25) is 0 Å². The third-order valence-electron chi connectivity index (χ3n) is 4.09. The molecular formula is C14H26N2O2S. The molecule has 0 saturated carbocycles. The van der Waals surface area contributed by atoms with E-state index in [4.69, 9.17) is 0 Å². The number of likely N-dealkylation sites (N-methyl/N-ethyl adjacent to an activating group) is 1. The lowest BCUT2D eigenvalue weighted by molar-refractivity contribution is -0.133. The van der Waals surface area contributed by atoms with Crippen LogP contribution in [-0.2, 0) is 4.79 Å². The lowest BCUT2D eigenvalue weighted by Gasteiger charge is -2.29. The third kappa shape index (κ3) is 4.36. The topological polar surface area (TPSA) is 43.8 Å². The lowest BCUT2D eigenvalue weighted by atomic mass is 9.98. The highest BCUT2D eigenvalue weighted by Crippen LogP contribution is 2.27. The zero-order valence-electron chi connectivity index (χ0n) is 12.0. The molecule has 2 heterocycles. The van der Waals surface area contributed by atoms with Crippen LogP contribution in [0.15, 0.2) is 0 Å². The minimum Gasteiger partial charge on any atom is -0.391 e. The van der Waals surface area contributed by atoms with E-state index >= 15 is 0 Å². The number of hydrogen-bond donors (Lipinski definition) is 1. The van der Waals surface area contributed by atoms with Crippen molar-refractivity contribution in [3.63, 3.8) is 0 Å². The highest BCUT2D eigenvalue weighted by Gasteiger charge is 2.35. The number of rotatable bonds is 4. The molecule has 2 fully saturated rings. The predicted molar refractivity (Wildman–Crippen MR) is 79.3 cm³/mol. The molecule has 0 aliphatic carbocycles. The second-order valence-electron chi connectivity index (χ2n) is 6.11. The fraction of sp³-hybridized carbons (Fsp3) is 0.929. The van der Waals surface area contributed by atoms with Gasteiger partial charge in [0.2, 0.25) is 5.91 Å². The maximum atomic E-state index is 12.4. The van der Waals surface area contributed by atoms with Crippen molar-refractivity contribution in [1.29, 1.82) is 0 Å². The van der Waals surface area contributed by atoms with E-state index < -0.39 is 0 Å². The SMILES string of the molecule is CN(C)CC1CC(O)CN1C(=O)CC1CCSCC1. The lowest BCUT2D eigenvalue weighted by Crippen LogP contribution is -2.42. The van der Waals surface area contributed by atoms with Gasteiger partial charge in [0.05, 0.1) is 6.10 Å². The van der Waals surface area contributed by atoms with Crippen LogP contribution in [0.1, 0.15) is 25.7 Å². The van der Waals surface area contributed by atoms with Crippen LogP contribution >= 0.6 is 11.8 Å². The summed E-state index contributed by atoms with van der Waals surface area (Å²) in [6.07, 6.45) is 3.41. The Bertz CT molecular complexity index is 306. The van der Waals surface area contributed by atoms with Gasteiger partial charge in [-0.3, -0.25) is 4.79 Å². The molecule has 2 rings (SSSR count). The minimum absolute atomic E-state index is 0.190. The van der Waals surface area contributed by atoms with Crippen molar-refractivity contribution in [2.75, 3.05) is 38.7 Å². The van der Waals surface area contributed by atoms with Crippen molar-refractivity contribution < 1.29 is 9.90 Å². The van der Waals surface area contributed by atoms with Gasteiger partial charge >= 0.3 is 0 Å². The summed E-state index contributed by atoms with van der Waals surface area (Å²) in [6, 6.07) is 0.190. The highest BCUT2D eigenvalue weighted by atomic mass is 32.2. The van der Waals surface area contributed by atoms with E-state index in [1.54, 1.807) is 0 Å². The molecule has 0 aromatic carbocycles. The number of hydrogen-bond acceptors (Lipinski definition) is 4. The van der Waals surface area contributed by atoms with Crippen molar-refractivity contribution in [3.05, 3.63) is 0 Å². The van der Waals surface area contributed by atoms with E-state index in [2.05, 4.69) is 4.90 Å². The van der Waals surface area contributed by atoms with E-state index in [1.165, 1.54) is 24.3 Å². The first kappa shape index (κ1) is 15.1. The first-order valence-corrected chi connectivity index (χ1v) is 8.41. The van der Waals surface area contributed by atoms with Gasteiger partial charge in [0.15, 0.2) is 0 Å². The molecule has 1 N–H and O–H groups in total. The van der Waals surface area contributed by atoms with Gasteiger partial charge < -0.3 is 14.9 Å². The number of aliphatic hydroxyl groups excluding tert-OH is 1. The van der Waals surface area contributed by atoms with E-state index in [0.717, 1.165) is 13.0 Å². The van der Waals surface area contributed by atoms with E-state index in [-0.39, 0.29) is 18.1 Å². The van der Waals surface area contributed by atoms with Crippen molar-refractivity contribution in [2.24, 2.45) is 5.92 Å². The van der Waals surface area contributed by atoms with Crippen LogP contribution in [-0.4, -0.2) is 71.6 Å². The molecule has 2 aliphatic rings. The summed E-state index contributed by atoms with van der Waals surface area (Å²) in [4.78, 5) is 16.5. The maximum absolute atomic E-state index is 12.4. The fourth-order valence-corrected chi connectivity index (χ4v) is 4.31. The first-order chi connectivity index (χ1) is 9.06. The number of amides is 1. The van der Waals surface area contributed by atoms with Crippen LogP contribution in [0.25, 0.3) is 0 Å². The molecule has 2 atom stereocenters. The molecule has 19 heavy (non-hydrogen) atoms. The van der Waals surface area contributed by atoms with Crippen molar-refractivity contribution in [2.45, 2.75) is 37.8 Å². The van der Waals surface area contributed by atoms with Crippen LogP contribution in [0, 0.1) is 5.92 Å². The number of β-amino-alcohol motifs (C(OH)–C–C–N with tert-alkyl or cyclic N) is 1. The second kappa shape index (κ2) is 6.95. The van der Waals surface area contributed by atoms with Gasteiger partial charge in [-0.15, -0.1) is 0 Å². The van der Waals surface area contributed by atoms with E-state index in [9.17, 15) is 9.90 Å². The number of thioether (sulfide) groups is 1. The summed E-state index contributed by atoms with van der Waals surface area (Å²) in [6.45, 7) is 1.38. The van der Waals surface area contributed by atoms with Crippen LogP contribution in [0.5, 0.6) is 0 Å². The minimum atomic E-state index is -0.337. The van der Waals surface area contributed by atoms with Gasteiger partial charge in [0.25, 0.3) is 0 Å². The van der Waals surface area contributed by atoms with Crippen LogP contribution < -0.4 is 0 Å². The Hall–Kier alpha value is -0.260. The number of carbonyl (C=O) groups excluding carboxylic acids is 1. The van der Waals surface area contributed by atoms with Gasteiger partial charge in [-0.05, 0) is 50.8 Å². The molecule has 2 aliphatic heterocycles. The largest absolute Gasteiger partial charge is 0.391 e. The Morgan fingerprint density at radius 2 is 2.05 bits per heavy atom. The first-order valence-electron chi connectivity index (χ1n) is 7.26. The summed E-state index contributed by atoms with van der Waals surface area (Å²) in [5, 5.41) is 9.82. The van der Waals surface area contributed by atoms with Crippen molar-refractivity contribution >= 4 is 17.7 Å². The predicted octanol–water partition coefficient (Wildman–Crippen LogP) is 1.04. The number of nitrogens with zero attached hydrogens (tertiary/aromatic N) is 2. The zero-order chi connectivity index (χ0) is 13.8. The monoisotopic (exact) mass is 286 g/mol. The van der Waals surface area contributed by atoms with Gasteiger partial charge in [-0.1, -0.05) is 0 Å². The summed E-state index contributed by atoms with van der Waals surface area (Å²) < 4.78 is 0. The molecular weight excluding hydrogens is 260 g/mol. The normalized spacial score (nSPS) is 29.2. The Balaban J connectivity index is 1.88. The molecule has 0 bridgehead atoms. The van der Waals surface area contributed by atoms with Crippen molar-refractivity contribution in [1.82, 2.24) is 9.80 Å². The molecule has 4 nitrogen and oxygen atoms in total. The molecule has 0 spiro atoms. The Kier molecular flexibility index (Phi) is 5.54. The van der Waals surface area contributed by atoms with Gasteiger partial charge in [-0.2, -0.15) is 11.8 Å². The zero-order valence-corrected chi connectivity index (χ0v) is 12.9. The maximum Gasteiger partial charge on any atom is 0.223 e. The van der Waals surface area contributed by atoms with Gasteiger partial charge in [-0.25, -0.2) is 0 Å². The average molecular weight is 286 g/mol. The van der Waals surface area contributed by atoms with Gasteiger partial charge in [0.1, 0.15) is 0 Å². The fourth-order valence-electron chi connectivity index (χ4n) is 3.11. The molecule has 2 unspecified atom stereocenters. The van der Waals surface area contributed by atoms with Crippen LogP contribution in [0.4, 0.5) is 0 Å². The Morgan fingerprint density at radius 1 is 1.37 bits per heavy atom. The molecule has 2 saturated heterocycles. The third-order valence-corrected chi connectivity index (χ3v) is 5.14.